The topological polar surface area (TPSA) is 66.4 Å². The van der Waals surface area contributed by atoms with Gasteiger partial charge in [-0.3, -0.25) is 9.59 Å². The fourth-order valence-corrected chi connectivity index (χ4v) is 2.16. The van der Waals surface area contributed by atoms with Crippen LogP contribution in [0.25, 0.3) is 0 Å². The van der Waals surface area contributed by atoms with Crippen molar-refractivity contribution < 1.29 is 36.6 Å². The maximum absolute atomic E-state index is 12.8. The monoisotopic (exact) mass is 303 g/mol. The van der Waals surface area contributed by atoms with Crippen molar-refractivity contribution in [3.63, 3.8) is 0 Å². The molecular formula is C11H14F5NO3. The molecule has 0 bridgehead atoms. The maximum atomic E-state index is 12.8. The molecule has 0 radical (unpaired) electrons. The lowest BCUT2D eigenvalue weighted by Gasteiger charge is -2.26. The van der Waals surface area contributed by atoms with Gasteiger partial charge < -0.3 is 10.4 Å². The zero-order valence-corrected chi connectivity index (χ0v) is 10.3. The molecule has 4 nitrogen and oxygen atoms in total. The van der Waals surface area contributed by atoms with Gasteiger partial charge in [-0.05, 0) is 12.8 Å². The molecule has 0 aliphatic heterocycles. The van der Waals surface area contributed by atoms with Crippen LogP contribution in [-0.2, 0) is 9.59 Å². The van der Waals surface area contributed by atoms with Crippen LogP contribution in [0.15, 0.2) is 0 Å². The van der Waals surface area contributed by atoms with Gasteiger partial charge in [0.15, 0.2) is 0 Å². The van der Waals surface area contributed by atoms with E-state index in [0.29, 0.717) is 19.3 Å². The van der Waals surface area contributed by atoms with Gasteiger partial charge in [0.05, 0.1) is 5.92 Å². The second-order valence-corrected chi connectivity index (χ2v) is 4.73. The normalized spacial score (nSPS) is 24.9. The highest BCUT2D eigenvalue weighted by atomic mass is 19.4. The van der Waals surface area contributed by atoms with Crippen LogP contribution in [0.5, 0.6) is 0 Å². The number of amides is 1. The van der Waals surface area contributed by atoms with Crippen molar-refractivity contribution in [3.05, 3.63) is 0 Å². The Hall–Kier alpha value is -1.41. The summed E-state index contributed by atoms with van der Waals surface area (Å²) < 4.78 is 61.8. The standard InChI is InChI=1S/C11H14F5NO3/c12-10(13,11(14,15)16)9(20)17-7-5-3-1-2-4-6(7)8(18)19/h6-7H,1-5H2,(H,17,20)(H,18,19). The van der Waals surface area contributed by atoms with E-state index in [1.54, 1.807) is 5.32 Å². The van der Waals surface area contributed by atoms with Gasteiger partial charge in [-0.2, -0.15) is 22.0 Å². The molecule has 1 aliphatic carbocycles. The summed E-state index contributed by atoms with van der Waals surface area (Å²) in [5.41, 5.74) is 0. The van der Waals surface area contributed by atoms with Crippen LogP contribution >= 0.6 is 0 Å². The van der Waals surface area contributed by atoms with Gasteiger partial charge in [0.25, 0.3) is 0 Å². The molecule has 9 heteroatoms. The summed E-state index contributed by atoms with van der Waals surface area (Å²) >= 11 is 0. The first kappa shape index (κ1) is 16.6. The Labute approximate surface area is 111 Å². The van der Waals surface area contributed by atoms with Crippen LogP contribution in [0.4, 0.5) is 22.0 Å². The number of alkyl halides is 5. The van der Waals surface area contributed by atoms with E-state index in [2.05, 4.69) is 0 Å². The van der Waals surface area contributed by atoms with E-state index in [-0.39, 0.29) is 12.8 Å². The van der Waals surface area contributed by atoms with Crippen LogP contribution in [-0.4, -0.2) is 35.1 Å². The van der Waals surface area contributed by atoms with Gasteiger partial charge in [-0.1, -0.05) is 19.3 Å². The molecule has 1 saturated carbocycles. The summed E-state index contributed by atoms with van der Waals surface area (Å²) in [5, 5.41) is 10.5. The fraction of sp³-hybridized carbons (Fsp3) is 0.818. The smallest absolute Gasteiger partial charge is 0.463 e. The molecule has 20 heavy (non-hydrogen) atoms. The second-order valence-electron chi connectivity index (χ2n) is 4.73. The van der Waals surface area contributed by atoms with E-state index < -0.39 is 35.9 Å². The lowest BCUT2D eigenvalue weighted by atomic mass is 9.94. The Morgan fingerprint density at radius 1 is 1.00 bits per heavy atom. The quantitative estimate of drug-likeness (QED) is 0.621. The Morgan fingerprint density at radius 3 is 2.05 bits per heavy atom. The molecule has 2 unspecified atom stereocenters. The molecule has 0 heterocycles. The number of carbonyl (C=O) groups is 2. The van der Waals surface area contributed by atoms with E-state index in [0.717, 1.165) is 0 Å². The molecule has 1 aliphatic rings. The summed E-state index contributed by atoms with van der Waals surface area (Å²) in [7, 11) is 0. The number of rotatable bonds is 3. The summed E-state index contributed by atoms with van der Waals surface area (Å²) in [6, 6.07) is -1.21. The van der Waals surface area contributed by atoms with Crippen LogP contribution in [0.1, 0.15) is 32.1 Å². The van der Waals surface area contributed by atoms with Gasteiger partial charge in [-0.25, -0.2) is 0 Å². The third-order valence-electron chi connectivity index (χ3n) is 3.29. The van der Waals surface area contributed by atoms with Crippen molar-refractivity contribution in [3.8, 4) is 0 Å². The summed E-state index contributed by atoms with van der Waals surface area (Å²) in [5.74, 6) is -10.5. The van der Waals surface area contributed by atoms with E-state index in [1.807, 2.05) is 0 Å². The predicted octanol–water partition coefficient (Wildman–Crippen LogP) is 2.33. The molecule has 0 spiro atoms. The van der Waals surface area contributed by atoms with Crippen LogP contribution in [0.3, 0.4) is 0 Å². The number of hydrogen-bond donors (Lipinski definition) is 2. The fourth-order valence-electron chi connectivity index (χ4n) is 2.16. The third kappa shape index (κ3) is 3.57. The zero-order valence-electron chi connectivity index (χ0n) is 10.3. The summed E-state index contributed by atoms with van der Waals surface area (Å²) in [6.45, 7) is 0. The van der Waals surface area contributed by atoms with Crippen molar-refractivity contribution in [2.75, 3.05) is 0 Å². The highest BCUT2D eigenvalue weighted by Crippen LogP contribution is 2.36. The number of hydrogen-bond acceptors (Lipinski definition) is 2. The van der Waals surface area contributed by atoms with Crippen LogP contribution in [0.2, 0.25) is 0 Å². The van der Waals surface area contributed by atoms with Crippen molar-refractivity contribution in [2.45, 2.75) is 50.2 Å². The number of carboxylic acids is 1. The Kier molecular flexibility index (Phi) is 4.93. The van der Waals surface area contributed by atoms with Crippen LogP contribution in [0, 0.1) is 5.92 Å². The highest BCUT2D eigenvalue weighted by Gasteiger charge is 2.63. The van der Waals surface area contributed by atoms with Crippen LogP contribution < -0.4 is 5.32 Å². The third-order valence-corrected chi connectivity index (χ3v) is 3.29. The average molecular weight is 303 g/mol. The Balaban J connectivity index is 2.83. The molecule has 2 N–H and O–H groups in total. The lowest BCUT2D eigenvalue weighted by molar-refractivity contribution is -0.270. The number of carboxylic acid groups (broad SMARTS) is 1. The van der Waals surface area contributed by atoms with Gasteiger partial charge in [0.1, 0.15) is 0 Å². The summed E-state index contributed by atoms with van der Waals surface area (Å²) in [4.78, 5) is 22.1. The number of halogens is 5. The first-order chi connectivity index (χ1) is 9.07. The highest BCUT2D eigenvalue weighted by molar-refractivity contribution is 5.85. The van der Waals surface area contributed by atoms with Crippen molar-refractivity contribution in [1.82, 2.24) is 5.32 Å². The minimum Gasteiger partial charge on any atom is -0.481 e. The number of aliphatic carboxylic acids is 1. The molecule has 2 atom stereocenters. The van der Waals surface area contributed by atoms with Crippen molar-refractivity contribution >= 4 is 11.9 Å². The van der Waals surface area contributed by atoms with Gasteiger partial charge in [0.2, 0.25) is 0 Å². The minimum absolute atomic E-state index is 0.0661. The molecule has 0 aromatic heterocycles. The zero-order chi connectivity index (χ0) is 15.6. The van der Waals surface area contributed by atoms with E-state index in [1.165, 1.54) is 0 Å². The molecule has 1 fully saturated rings. The van der Waals surface area contributed by atoms with E-state index in [9.17, 15) is 31.5 Å². The Morgan fingerprint density at radius 2 is 1.55 bits per heavy atom. The molecular weight excluding hydrogens is 289 g/mol. The molecule has 0 aromatic carbocycles. The van der Waals surface area contributed by atoms with Crippen molar-refractivity contribution in [1.29, 1.82) is 0 Å². The number of carbonyl (C=O) groups excluding carboxylic acids is 1. The molecule has 1 amide bonds. The first-order valence-corrected chi connectivity index (χ1v) is 6.05. The largest absolute Gasteiger partial charge is 0.481 e. The van der Waals surface area contributed by atoms with Gasteiger partial charge >= 0.3 is 24.0 Å². The second kappa shape index (κ2) is 5.92. The van der Waals surface area contributed by atoms with Gasteiger partial charge in [-0.15, -0.1) is 0 Å². The average Bonchev–Trinajstić information content (AvgIpc) is 2.52. The SMILES string of the molecule is O=C(O)C1CCCCCC1NC(=O)C(F)(F)C(F)(F)F. The van der Waals surface area contributed by atoms with Crippen molar-refractivity contribution in [2.24, 2.45) is 5.92 Å². The molecule has 0 aromatic rings. The predicted molar refractivity (Wildman–Crippen MR) is 57.1 cm³/mol. The molecule has 0 saturated heterocycles. The maximum Gasteiger partial charge on any atom is 0.463 e. The van der Waals surface area contributed by atoms with E-state index in [4.69, 9.17) is 5.11 Å². The summed E-state index contributed by atoms with van der Waals surface area (Å²) in [6.07, 6.45) is -4.16. The number of nitrogens with one attached hydrogen (secondary N) is 1. The minimum atomic E-state index is -6.00. The molecule has 116 valence electrons. The van der Waals surface area contributed by atoms with E-state index >= 15 is 0 Å². The van der Waals surface area contributed by atoms with Gasteiger partial charge in [0, 0.05) is 6.04 Å². The lowest BCUT2D eigenvalue weighted by Crippen LogP contribution is -2.55. The first-order valence-electron chi connectivity index (χ1n) is 6.05. The molecule has 1 rings (SSSR count). The Bertz CT molecular complexity index is 383.